The van der Waals surface area contributed by atoms with E-state index in [1.54, 1.807) is 27.7 Å². The fourth-order valence-electron chi connectivity index (χ4n) is 2.48. The molecule has 0 bridgehead atoms. The first-order chi connectivity index (χ1) is 27.8. The van der Waals surface area contributed by atoms with Gasteiger partial charge in [-0.3, -0.25) is 28.0 Å². The molecule has 0 aromatic heterocycles. The number of aliphatic hydroxyl groups excluding tert-OH is 1. The fourth-order valence-corrected chi connectivity index (χ4v) is 5.22. The first-order valence-corrected chi connectivity index (χ1v) is 24.3. The zero-order valence-corrected chi connectivity index (χ0v) is 40.0. The lowest BCUT2D eigenvalue weighted by Crippen LogP contribution is -2.73. The number of carbonyl (C=O) groups excluding carboxylic acids is 6. The number of ether oxygens (including phenoxy) is 1. The van der Waals surface area contributed by atoms with Crippen molar-refractivity contribution in [3.63, 3.8) is 0 Å². The molecule has 0 aliphatic carbocycles. The number of primary amides is 1. The Morgan fingerprint density at radius 2 is 1.10 bits per heavy atom. The first-order valence-electron chi connectivity index (χ1n) is 19.5. The molecule has 8 atom stereocenters. The van der Waals surface area contributed by atoms with Crippen LogP contribution in [0.4, 0.5) is 0 Å². The van der Waals surface area contributed by atoms with Crippen LogP contribution in [-0.4, -0.2) is 93.7 Å². The van der Waals surface area contributed by atoms with Gasteiger partial charge in [0.25, 0.3) is 0 Å². The smallest absolute Gasteiger partial charge is 0.246 e. The summed E-state index contributed by atoms with van der Waals surface area (Å²) in [6, 6.07) is -0.440. The van der Waals surface area contributed by atoms with E-state index in [-0.39, 0.29) is 67.0 Å². The number of carboxylic acids is 3. The molecule has 0 spiro atoms. The number of hydroxylamine groups is 2. The maximum atomic E-state index is 11.3. The average molecular weight is 940 g/mol. The number of hydrogen-bond acceptors (Lipinski definition) is 20. The zero-order valence-electron chi connectivity index (χ0n) is 37.4. The number of aliphatic carboxylic acids is 3. The molecule has 3 amide bonds. The maximum Gasteiger partial charge on any atom is 0.246 e. The molecule has 0 saturated carbocycles. The number of nitrogens with one attached hydrogen (secondary N) is 2. The minimum Gasteiger partial charge on any atom is -0.881 e. The summed E-state index contributed by atoms with van der Waals surface area (Å²) in [7, 11) is -8.34. The van der Waals surface area contributed by atoms with Crippen LogP contribution in [-0.2, 0) is 47.5 Å². The lowest BCUT2D eigenvalue weighted by molar-refractivity contribution is -0.506. The summed E-state index contributed by atoms with van der Waals surface area (Å²) < 4.78 is 35.0. The summed E-state index contributed by atoms with van der Waals surface area (Å²) >= 11 is 0. The molecule has 0 radical (unpaired) electrons. The van der Waals surface area contributed by atoms with E-state index in [0.29, 0.717) is 36.5 Å². The van der Waals surface area contributed by atoms with Crippen molar-refractivity contribution < 1.29 is 86.1 Å². The number of carboxylic acid groups (broad SMARTS) is 3. The van der Waals surface area contributed by atoms with Crippen LogP contribution < -0.4 is 46.4 Å². The lowest BCUT2D eigenvalue weighted by atomic mass is 9.97. The second kappa shape index (κ2) is 41.1. The van der Waals surface area contributed by atoms with Crippen molar-refractivity contribution in [2.45, 2.75) is 139 Å². The molecular formula is C36H69N3O19S2Si-8. The molecule has 25 heteroatoms. The molecule has 0 aromatic rings. The van der Waals surface area contributed by atoms with Crippen LogP contribution in [0.3, 0.4) is 0 Å². The zero-order chi connectivity index (χ0) is 49.7. The Hall–Kier alpha value is -2.98. The van der Waals surface area contributed by atoms with Crippen LogP contribution in [0.1, 0.15) is 122 Å². The lowest BCUT2D eigenvalue weighted by Gasteiger charge is -2.57. The Morgan fingerprint density at radius 3 is 1.33 bits per heavy atom. The van der Waals surface area contributed by atoms with Crippen molar-refractivity contribution in [3.8, 4) is 0 Å². The number of amides is 3. The van der Waals surface area contributed by atoms with Gasteiger partial charge < -0.3 is 74.9 Å². The van der Waals surface area contributed by atoms with Gasteiger partial charge in [-0.25, -0.2) is 13.9 Å². The molecule has 0 saturated heterocycles. The van der Waals surface area contributed by atoms with E-state index < -0.39 is 65.8 Å². The third-order valence-corrected chi connectivity index (χ3v) is 11.8. The minimum absolute atomic E-state index is 0.0417. The largest absolute Gasteiger partial charge is 0.881 e. The summed E-state index contributed by atoms with van der Waals surface area (Å²) in [6.45, 7) is 20.4. The summed E-state index contributed by atoms with van der Waals surface area (Å²) in [6.07, 6.45) is 2.75. The molecule has 0 aromatic carbocycles. The van der Waals surface area contributed by atoms with Crippen LogP contribution in [0.5, 0.6) is 0 Å². The Balaban J connectivity index is -0.000000158. The van der Waals surface area contributed by atoms with Crippen molar-refractivity contribution >= 4 is 64.4 Å². The molecular weight excluding hydrogens is 871 g/mol. The monoisotopic (exact) mass is 939 g/mol. The average Bonchev–Trinajstić information content (AvgIpc) is 3.18. The van der Waals surface area contributed by atoms with Gasteiger partial charge in [0.15, 0.2) is 0 Å². The van der Waals surface area contributed by atoms with Crippen molar-refractivity contribution in [3.05, 3.63) is 5.21 Å². The van der Waals surface area contributed by atoms with E-state index in [4.69, 9.17) is 15.3 Å². The van der Waals surface area contributed by atoms with Crippen molar-refractivity contribution in [1.29, 1.82) is 0 Å². The summed E-state index contributed by atoms with van der Waals surface area (Å²) in [5.41, 5.74) is 8.45. The number of aliphatic hydroxyl groups is 1. The SMILES string of the molecule is CC(C(=O)[O-])C(C)C(=O)[O-].CCC(C)C(=O)NOCC(O)COCCC[Si]([O-])([O-])[O-].CCC(C)C(=O)N[O-].CCC(C)C(=O)[O-].CCC(C)C(N)=O.CCC(C)SS(=O)(=O)[O-]. The van der Waals surface area contributed by atoms with E-state index in [1.165, 1.54) is 19.3 Å². The molecule has 0 fully saturated rings. The molecule has 61 heavy (non-hydrogen) atoms. The second-order valence-electron chi connectivity index (χ2n) is 13.7. The third-order valence-electron chi connectivity index (χ3n) is 8.21. The van der Waals surface area contributed by atoms with Crippen LogP contribution in [0.2, 0.25) is 6.04 Å². The van der Waals surface area contributed by atoms with Crippen LogP contribution in [0.25, 0.3) is 0 Å². The van der Waals surface area contributed by atoms with Crippen molar-refractivity contribution in [2.75, 3.05) is 19.8 Å². The molecule has 0 aliphatic heterocycles. The van der Waals surface area contributed by atoms with E-state index >= 15 is 0 Å². The van der Waals surface area contributed by atoms with Gasteiger partial charge in [-0.05, 0) is 55.2 Å². The maximum absolute atomic E-state index is 11.3. The predicted molar refractivity (Wildman–Crippen MR) is 215 cm³/mol. The van der Waals surface area contributed by atoms with E-state index in [0.717, 1.165) is 6.42 Å². The van der Waals surface area contributed by atoms with Crippen molar-refractivity contribution in [2.24, 2.45) is 41.2 Å². The minimum atomic E-state index is -4.75. The van der Waals surface area contributed by atoms with Crippen LogP contribution in [0.15, 0.2) is 0 Å². The van der Waals surface area contributed by atoms with E-state index in [2.05, 4.69) is 5.48 Å². The summed E-state index contributed by atoms with van der Waals surface area (Å²) in [4.78, 5) is 97.6. The number of hydrogen-bond donors (Lipinski definition) is 4. The Morgan fingerprint density at radius 1 is 0.689 bits per heavy atom. The highest BCUT2D eigenvalue weighted by atomic mass is 33.1. The van der Waals surface area contributed by atoms with Crippen LogP contribution >= 0.6 is 10.8 Å². The molecule has 366 valence electrons. The van der Waals surface area contributed by atoms with Gasteiger partial charge in [-0.2, -0.15) is 0 Å². The summed E-state index contributed by atoms with van der Waals surface area (Å²) in [5.74, 6) is -7.13. The van der Waals surface area contributed by atoms with E-state index in [9.17, 15) is 81.8 Å². The molecule has 0 aliphatic rings. The predicted octanol–water partition coefficient (Wildman–Crippen LogP) is -3.45. The van der Waals surface area contributed by atoms with Gasteiger partial charge in [0.1, 0.15) is 21.9 Å². The number of nitrogens with two attached hydrogens (primary N) is 1. The second-order valence-corrected chi connectivity index (χ2v) is 19.1. The first kappa shape index (κ1) is 69.7. The number of rotatable bonds is 23. The van der Waals surface area contributed by atoms with Gasteiger partial charge >= 0.3 is 0 Å². The summed E-state index contributed by atoms with van der Waals surface area (Å²) in [5, 5.41) is 48.9. The Bertz CT molecular complexity index is 1250. The molecule has 8 unspecified atom stereocenters. The van der Waals surface area contributed by atoms with Crippen LogP contribution in [0, 0.1) is 40.7 Å². The molecule has 5 N–H and O–H groups in total. The van der Waals surface area contributed by atoms with Gasteiger partial charge in [-0.15, -0.1) is 6.04 Å². The fraction of sp³-hybridized carbons (Fsp3) is 0.833. The highest BCUT2D eigenvalue weighted by molar-refractivity contribution is 8.70. The Kier molecular flexibility index (Phi) is 46.9. The van der Waals surface area contributed by atoms with Crippen molar-refractivity contribution in [1.82, 2.24) is 11.0 Å². The quantitative estimate of drug-likeness (QED) is 0.0254. The highest BCUT2D eigenvalue weighted by Crippen LogP contribution is 2.18. The van der Waals surface area contributed by atoms with Gasteiger partial charge in [-0.1, -0.05) is 83.1 Å². The highest BCUT2D eigenvalue weighted by Gasteiger charge is 2.14. The molecule has 0 heterocycles. The van der Waals surface area contributed by atoms with Gasteiger partial charge in [0.2, 0.25) is 17.7 Å². The third kappa shape index (κ3) is 53.1. The van der Waals surface area contributed by atoms with Gasteiger partial charge in [0, 0.05) is 59.4 Å². The van der Waals surface area contributed by atoms with Gasteiger partial charge in [0.05, 0.1) is 6.61 Å². The number of carbonyl (C=O) groups is 6. The topological polar surface area (TPSA) is 410 Å². The van der Waals surface area contributed by atoms with E-state index in [1.807, 2.05) is 41.5 Å². The standard InChI is InChI=1S/C11H22NO7Si.C6H10O4.C5H10NO2.C5H11NO.C5H10O2.C4H10O3S2/c1-3-9(2)11(14)12-19-8-10(13)7-18-5-4-6-20(15,16)17;1-3(5(7)8)4(2)6(9)10;1-3-4(2)5(7)6-8;2*1-3-4(2)5(6)7;1-3-4(2)8-9(5,6)7/h9-10,13H,3-8H2,1-2H3,(H,12,14);3-4H,1-2H3,(H,7,8)(H,9,10);4H,3H2,1-2H3,(H-,6,7,8);4H,3H2,1-2H3,(H2,6,7);4H,3H2,1-2H3,(H,6,7);4H,3H2,1-2H3,(H,5,6,7)/q-3;;-1;;;/p-4. The molecule has 22 nitrogen and oxygen atoms in total. The molecule has 0 rings (SSSR count). The normalized spacial score (nSPS) is 14.5. The Labute approximate surface area is 365 Å².